The second-order valence-electron chi connectivity index (χ2n) is 5.26. The smallest absolute Gasteiger partial charge is 0.336 e. The van der Waals surface area contributed by atoms with Crippen LogP contribution in [0, 0.1) is 0 Å². The Morgan fingerprint density at radius 1 is 1.00 bits per heavy atom. The maximum Gasteiger partial charge on any atom is 0.336 e. The summed E-state index contributed by atoms with van der Waals surface area (Å²) >= 11 is 0. The Bertz CT molecular complexity index is 716. The summed E-state index contributed by atoms with van der Waals surface area (Å²) in [6.07, 6.45) is 0. The fourth-order valence-corrected chi connectivity index (χ4v) is 4.05. The minimum absolute atomic E-state index is 0.279. The van der Waals surface area contributed by atoms with Gasteiger partial charge in [0.2, 0.25) is 0 Å². The van der Waals surface area contributed by atoms with Crippen molar-refractivity contribution in [1.82, 2.24) is 4.90 Å². The van der Waals surface area contributed by atoms with Gasteiger partial charge >= 0.3 is 5.97 Å². The summed E-state index contributed by atoms with van der Waals surface area (Å²) < 4.78 is 4.65. The van der Waals surface area contributed by atoms with Gasteiger partial charge in [-0.25, -0.2) is 4.79 Å². The molecule has 132 valence electrons. The average molecular weight is 375 g/mol. The number of aromatic carboxylic acids is 1. The lowest BCUT2D eigenvalue weighted by Gasteiger charge is -2.23. The third-order valence-electron chi connectivity index (χ3n) is 3.71. The van der Waals surface area contributed by atoms with Crippen molar-refractivity contribution < 1.29 is 9.90 Å². The number of nitrogens with zero attached hydrogens (tertiary/aromatic N) is 2. The topological polar surface area (TPSA) is 52.9 Å². The van der Waals surface area contributed by atoms with Crippen LogP contribution < -0.4 is 0 Å². The van der Waals surface area contributed by atoms with Crippen molar-refractivity contribution in [2.24, 2.45) is 4.40 Å². The molecule has 0 radical (unpaired) electrons. The van der Waals surface area contributed by atoms with E-state index in [-0.39, 0.29) is 5.56 Å². The predicted molar refractivity (Wildman–Crippen MR) is 108 cm³/mol. The molecule has 2 aromatic rings. The molecule has 0 atom stereocenters. The number of carboxylic acids is 1. The highest BCUT2D eigenvalue weighted by atomic mass is 33.1. The molecule has 2 aromatic carbocycles. The van der Waals surface area contributed by atoms with E-state index in [4.69, 9.17) is 0 Å². The molecule has 0 saturated carbocycles. The van der Waals surface area contributed by atoms with Crippen molar-refractivity contribution in [2.75, 3.05) is 13.1 Å². The predicted octanol–water partition coefficient (Wildman–Crippen LogP) is 4.97. The number of hydrogen-bond acceptors (Lipinski definition) is 4. The molecule has 0 bridgehead atoms. The molecule has 0 heterocycles. The molecule has 0 aliphatic carbocycles. The van der Waals surface area contributed by atoms with E-state index in [1.54, 1.807) is 22.9 Å². The molecule has 0 aromatic heterocycles. The molecule has 0 unspecified atom stereocenters. The van der Waals surface area contributed by atoms with Crippen LogP contribution in [0.15, 0.2) is 59.0 Å². The van der Waals surface area contributed by atoms with E-state index in [2.05, 4.69) is 21.4 Å². The highest BCUT2D eigenvalue weighted by Crippen LogP contribution is 2.28. The van der Waals surface area contributed by atoms with Crippen LogP contribution in [0.2, 0.25) is 0 Å². The molecule has 1 N–H and O–H groups in total. The highest BCUT2D eigenvalue weighted by molar-refractivity contribution is 8.75. The van der Waals surface area contributed by atoms with Crippen LogP contribution in [0.25, 0.3) is 0 Å². The Kier molecular flexibility index (Phi) is 7.88. The van der Waals surface area contributed by atoms with Gasteiger partial charge in [-0.1, -0.05) is 59.3 Å². The third-order valence-corrected chi connectivity index (χ3v) is 5.40. The van der Waals surface area contributed by atoms with Gasteiger partial charge in [0.1, 0.15) is 5.84 Å². The molecule has 4 nitrogen and oxygen atoms in total. The molecule has 0 aliphatic heterocycles. The number of carboxylic acid groups (broad SMARTS) is 1. The lowest BCUT2D eigenvalue weighted by molar-refractivity contribution is 0.0696. The molecule has 0 amide bonds. The quantitative estimate of drug-likeness (QED) is 0.232. The lowest BCUT2D eigenvalue weighted by Crippen LogP contribution is -2.32. The van der Waals surface area contributed by atoms with Gasteiger partial charge < -0.3 is 10.0 Å². The molecule has 0 saturated heterocycles. The normalized spacial score (nSPS) is 11.4. The number of amidine groups is 1. The standard InChI is InChI=1S/C19H22N2O2S2/c1-3-21(4-2)18(16-12-8-9-13-17(16)19(22)23)20-25-24-14-15-10-6-5-7-11-15/h5-13H,3-4,14H2,1-2H3,(H,22,23)/b20-18+. The molecule has 25 heavy (non-hydrogen) atoms. The van der Waals surface area contributed by atoms with Crippen molar-refractivity contribution in [3.05, 3.63) is 71.3 Å². The first-order chi connectivity index (χ1) is 12.2. The van der Waals surface area contributed by atoms with E-state index < -0.39 is 5.97 Å². The zero-order chi connectivity index (χ0) is 18.1. The van der Waals surface area contributed by atoms with Crippen LogP contribution in [0.1, 0.15) is 35.3 Å². The van der Waals surface area contributed by atoms with Crippen molar-refractivity contribution in [1.29, 1.82) is 0 Å². The first-order valence-electron chi connectivity index (χ1n) is 8.15. The summed E-state index contributed by atoms with van der Waals surface area (Å²) in [5, 5.41) is 9.48. The van der Waals surface area contributed by atoms with Gasteiger partial charge in [-0.2, -0.15) is 4.40 Å². The van der Waals surface area contributed by atoms with E-state index in [0.29, 0.717) is 11.4 Å². The van der Waals surface area contributed by atoms with Gasteiger partial charge in [0.25, 0.3) is 0 Å². The lowest BCUT2D eigenvalue weighted by atomic mass is 10.1. The van der Waals surface area contributed by atoms with Crippen molar-refractivity contribution in [3.8, 4) is 0 Å². The average Bonchev–Trinajstić information content (AvgIpc) is 2.65. The second-order valence-corrected chi connectivity index (χ2v) is 7.27. The molecule has 0 spiro atoms. The van der Waals surface area contributed by atoms with Crippen molar-refractivity contribution >= 4 is 33.6 Å². The SMILES string of the molecule is CCN(CC)/C(=N/SSCc1ccccc1)c1ccccc1C(=O)O. The summed E-state index contributed by atoms with van der Waals surface area (Å²) in [6.45, 7) is 5.63. The molecule has 0 aliphatic rings. The summed E-state index contributed by atoms with van der Waals surface area (Å²) in [5.74, 6) is 0.632. The van der Waals surface area contributed by atoms with Crippen LogP contribution >= 0.6 is 21.8 Å². The van der Waals surface area contributed by atoms with Crippen LogP contribution in [0.3, 0.4) is 0 Å². The first-order valence-corrected chi connectivity index (χ1v) is 10.4. The van der Waals surface area contributed by atoms with E-state index in [9.17, 15) is 9.90 Å². The minimum Gasteiger partial charge on any atom is -0.478 e. The Hall–Kier alpha value is -1.92. The van der Waals surface area contributed by atoms with Gasteiger partial charge in [0.05, 0.1) is 5.56 Å². The number of hydrogen-bond donors (Lipinski definition) is 1. The van der Waals surface area contributed by atoms with E-state index in [0.717, 1.165) is 18.8 Å². The monoisotopic (exact) mass is 374 g/mol. The van der Waals surface area contributed by atoms with Crippen LogP contribution in [0.4, 0.5) is 0 Å². The van der Waals surface area contributed by atoms with Crippen LogP contribution in [-0.4, -0.2) is 34.9 Å². The maximum absolute atomic E-state index is 11.6. The van der Waals surface area contributed by atoms with Crippen molar-refractivity contribution in [2.45, 2.75) is 19.6 Å². The van der Waals surface area contributed by atoms with E-state index in [1.807, 2.05) is 44.2 Å². The minimum atomic E-state index is -0.933. The number of benzene rings is 2. The molecular formula is C19H22N2O2S2. The summed E-state index contributed by atoms with van der Waals surface area (Å²) in [7, 11) is 3.04. The fraction of sp³-hybridized carbons (Fsp3) is 0.263. The maximum atomic E-state index is 11.6. The number of carbonyl (C=O) groups is 1. The fourth-order valence-electron chi connectivity index (χ4n) is 2.40. The Morgan fingerprint density at radius 3 is 2.20 bits per heavy atom. The largest absolute Gasteiger partial charge is 0.478 e. The molecular weight excluding hydrogens is 352 g/mol. The van der Waals surface area contributed by atoms with E-state index in [1.165, 1.54) is 16.5 Å². The highest BCUT2D eigenvalue weighted by Gasteiger charge is 2.18. The zero-order valence-corrected chi connectivity index (χ0v) is 16.0. The van der Waals surface area contributed by atoms with Gasteiger partial charge in [-0.3, -0.25) is 0 Å². The third kappa shape index (κ3) is 5.54. The first kappa shape index (κ1) is 19.4. The van der Waals surface area contributed by atoms with Gasteiger partial charge in [0.15, 0.2) is 0 Å². The van der Waals surface area contributed by atoms with E-state index >= 15 is 0 Å². The van der Waals surface area contributed by atoms with Crippen molar-refractivity contribution in [3.63, 3.8) is 0 Å². The van der Waals surface area contributed by atoms with Crippen LogP contribution in [0.5, 0.6) is 0 Å². The summed E-state index contributed by atoms with van der Waals surface area (Å²) in [6, 6.07) is 17.3. The number of rotatable bonds is 8. The second kappa shape index (κ2) is 10.2. The zero-order valence-electron chi connectivity index (χ0n) is 14.4. The summed E-state index contributed by atoms with van der Waals surface area (Å²) in [4.78, 5) is 13.6. The van der Waals surface area contributed by atoms with Gasteiger partial charge in [-0.15, -0.1) is 0 Å². The van der Waals surface area contributed by atoms with Gasteiger partial charge in [-0.05, 0) is 25.5 Å². The Morgan fingerprint density at radius 2 is 1.60 bits per heavy atom. The van der Waals surface area contributed by atoms with Crippen LogP contribution in [-0.2, 0) is 5.75 Å². The Balaban J connectivity index is 2.20. The molecule has 0 fully saturated rings. The molecule has 2 rings (SSSR count). The summed E-state index contributed by atoms with van der Waals surface area (Å²) in [5.41, 5.74) is 2.18. The van der Waals surface area contributed by atoms with Gasteiger partial charge in [0, 0.05) is 35.4 Å². The molecule has 6 heteroatoms. The Labute approximate surface area is 156 Å².